The van der Waals surface area contributed by atoms with Crippen LogP contribution in [-0.4, -0.2) is 32.4 Å². The molecule has 90 valence electrons. The first-order valence-electron chi connectivity index (χ1n) is 6.05. The number of aliphatic hydroxyl groups excluding tert-OH is 1. The fourth-order valence-corrected chi connectivity index (χ4v) is 2.48. The number of fused-ring (bicyclic) bond motifs is 1. The molecular weight excluding hydrogens is 216 g/mol. The van der Waals surface area contributed by atoms with Gasteiger partial charge in [-0.2, -0.15) is 5.10 Å². The van der Waals surface area contributed by atoms with E-state index in [4.69, 9.17) is 0 Å². The van der Waals surface area contributed by atoms with E-state index in [2.05, 4.69) is 15.4 Å². The van der Waals surface area contributed by atoms with Crippen LogP contribution in [0.5, 0.6) is 0 Å². The number of nitrogens with zero attached hydrogens (tertiary/aromatic N) is 3. The standard InChI is InChI=1S/C12H16N4O/c17-11-3-1-2-9(11)8-14-12-10-4-5-15-16(10)7-6-13-12/h4-7,9,11,17H,1-3,8H2,(H,13,14). The van der Waals surface area contributed by atoms with E-state index in [1.54, 1.807) is 16.9 Å². The minimum atomic E-state index is -0.160. The number of hydrogen-bond acceptors (Lipinski definition) is 4. The number of nitrogens with one attached hydrogen (secondary N) is 1. The van der Waals surface area contributed by atoms with Crippen molar-refractivity contribution in [3.63, 3.8) is 0 Å². The van der Waals surface area contributed by atoms with E-state index in [0.717, 1.165) is 37.1 Å². The highest BCUT2D eigenvalue weighted by molar-refractivity contribution is 5.66. The predicted octanol–water partition coefficient (Wildman–Crippen LogP) is 1.30. The van der Waals surface area contributed by atoms with Gasteiger partial charge in [0.05, 0.1) is 12.3 Å². The Balaban J connectivity index is 1.74. The van der Waals surface area contributed by atoms with E-state index in [1.807, 2.05) is 12.3 Å². The summed E-state index contributed by atoms with van der Waals surface area (Å²) in [5.74, 6) is 1.18. The molecule has 2 aromatic heterocycles. The maximum absolute atomic E-state index is 9.76. The zero-order valence-electron chi connectivity index (χ0n) is 9.58. The fraction of sp³-hybridized carbons (Fsp3) is 0.500. The summed E-state index contributed by atoms with van der Waals surface area (Å²) in [5.41, 5.74) is 0.972. The van der Waals surface area contributed by atoms with E-state index in [1.165, 1.54) is 0 Å². The molecule has 2 atom stereocenters. The molecule has 0 radical (unpaired) electrons. The summed E-state index contributed by atoms with van der Waals surface area (Å²) in [5, 5.41) is 17.2. The van der Waals surface area contributed by atoms with Crippen molar-refractivity contribution in [2.45, 2.75) is 25.4 Å². The smallest absolute Gasteiger partial charge is 0.152 e. The van der Waals surface area contributed by atoms with Crippen LogP contribution in [0.2, 0.25) is 0 Å². The third kappa shape index (κ3) is 1.98. The summed E-state index contributed by atoms with van der Waals surface area (Å²) < 4.78 is 1.79. The maximum atomic E-state index is 9.76. The first-order chi connectivity index (χ1) is 8.34. The van der Waals surface area contributed by atoms with E-state index in [0.29, 0.717) is 5.92 Å². The van der Waals surface area contributed by atoms with Crippen molar-refractivity contribution >= 4 is 11.3 Å². The van der Waals surface area contributed by atoms with Gasteiger partial charge in [0.15, 0.2) is 5.82 Å². The summed E-state index contributed by atoms with van der Waals surface area (Å²) in [6, 6.07) is 1.93. The Morgan fingerprint density at radius 2 is 2.35 bits per heavy atom. The lowest BCUT2D eigenvalue weighted by Gasteiger charge is -2.15. The third-order valence-electron chi connectivity index (χ3n) is 3.48. The Morgan fingerprint density at radius 3 is 3.18 bits per heavy atom. The van der Waals surface area contributed by atoms with Gasteiger partial charge in [-0.3, -0.25) is 0 Å². The monoisotopic (exact) mass is 232 g/mol. The van der Waals surface area contributed by atoms with Crippen LogP contribution < -0.4 is 5.32 Å². The van der Waals surface area contributed by atoms with Gasteiger partial charge in [0, 0.05) is 24.9 Å². The highest BCUT2D eigenvalue weighted by Gasteiger charge is 2.24. The van der Waals surface area contributed by atoms with Gasteiger partial charge in [-0.15, -0.1) is 0 Å². The van der Waals surface area contributed by atoms with Crippen molar-refractivity contribution in [2.24, 2.45) is 5.92 Å². The molecular formula is C12H16N4O. The van der Waals surface area contributed by atoms with Crippen molar-refractivity contribution in [3.8, 4) is 0 Å². The maximum Gasteiger partial charge on any atom is 0.152 e. The molecule has 0 aliphatic heterocycles. The van der Waals surface area contributed by atoms with E-state index in [-0.39, 0.29) is 6.10 Å². The fourth-order valence-electron chi connectivity index (χ4n) is 2.48. The molecule has 5 nitrogen and oxygen atoms in total. The molecule has 3 rings (SSSR count). The highest BCUT2D eigenvalue weighted by Crippen LogP contribution is 2.26. The predicted molar refractivity (Wildman–Crippen MR) is 64.8 cm³/mol. The molecule has 1 fully saturated rings. The van der Waals surface area contributed by atoms with E-state index in [9.17, 15) is 5.11 Å². The molecule has 2 unspecified atom stereocenters. The van der Waals surface area contributed by atoms with Crippen LogP contribution in [0.15, 0.2) is 24.7 Å². The summed E-state index contributed by atoms with van der Waals surface area (Å²) in [6.45, 7) is 0.777. The second-order valence-corrected chi connectivity index (χ2v) is 4.58. The second kappa shape index (κ2) is 4.33. The molecule has 1 aliphatic rings. The molecule has 1 saturated carbocycles. The van der Waals surface area contributed by atoms with Gasteiger partial charge in [-0.05, 0) is 18.9 Å². The molecule has 0 bridgehead atoms. The molecule has 2 N–H and O–H groups in total. The zero-order valence-corrected chi connectivity index (χ0v) is 9.58. The van der Waals surface area contributed by atoms with E-state index < -0.39 is 0 Å². The van der Waals surface area contributed by atoms with Crippen LogP contribution in [0.25, 0.3) is 5.52 Å². The van der Waals surface area contributed by atoms with Gasteiger partial charge in [-0.1, -0.05) is 6.42 Å². The summed E-state index contributed by atoms with van der Waals surface area (Å²) in [4.78, 5) is 4.31. The van der Waals surface area contributed by atoms with Gasteiger partial charge in [0.2, 0.25) is 0 Å². The number of aromatic nitrogens is 3. The molecule has 5 heteroatoms. The van der Waals surface area contributed by atoms with Crippen molar-refractivity contribution in [1.82, 2.24) is 14.6 Å². The van der Waals surface area contributed by atoms with Crippen LogP contribution in [0.4, 0.5) is 5.82 Å². The highest BCUT2D eigenvalue weighted by atomic mass is 16.3. The van der Waals surface area contributed by atoms with Gasteiger partial charge in [0.25, 0.3) is 0 Å². The topological polar surface area (TPSA) is 62.5 Å². The number of rotatable bonds is 3. The van der Waals surface area contributed by atoms with Crippen LogP contribution >= 0.6 is 0 Å². The van der Waals surface area contributed by atoms with Crippen LogP contribution in [0.1, 0.15) is 19.3 Å². The molecule has 17 heavy (non-hydrogen) atoms. The quantitative estimate of drug-likeness (QED) is 0.837. The summed E-state index contributed by atoms with van der Waals surface area (Å²) in [7, 11) is 0. The van der Waals surface area contributed by atoms with Gasteiger partial charge in [-0.25, -0.2) is 9.50 Å². The van der Waals surface area contributed by atoms with Crippen LogP contribution in [0.3, 0.4) is 0 Å². The Bertz CT molecular complexity index is 510. The molecule has 0 aromatic carbocycles. The lowest BCUT2D eigenvalue weighted by molar-refractivity contribution is 0.138. The Morgan fingerprint density at radius 1 is 1.41 bits per heavy atom. The van der Waals surface area contributed by atoms with Crippen LogP contribution in [-0.2, 0) is 0 Å². The molecule has 0 spiro atoms. The number of anilines is 1. The Labute approximate surface area is 99.5 Å². The Hall–Kier alpha value is -1.62. The molecule has 2 heterocycles. The minimum absolute atomic E-state index is 0.160. The summed E-state index contributed by atoms with van der Waals surface area (Å²) >= 11 is 0. The van der Waals surface area contributed by atoms with Crippen molar-refractivity contribution in [3.05, 3.63) is 24.7 Å². The van der Waals surface area contributed by atoms with Crippen LogP contribution in [0, 0.1) is 5.92 Å². The SMILES string of the molecule is OC1CCCC1CNc1nccn2nccc12. The first-order valence-corrected chi connectivity index (χ1v) is 6.05. The Kier molecular flexibility index (Phi) is 2.68. The normalized spacial score (nSPS) is 24.3. The van der Waals surface area contributed by atoms with Gasteiger partial charge >= 0.3 is 0 Å². The lowest BCUT2D eigenvalue weighted by Crippen LogP contribution is -2.22. The number of aliphatic hydroxyl groups is 1. The average molecular weight is 232 g/mol. The molecule has 0 saturated heterocycles. The minimum Gasteiger partial charge on any atom is -0.393 e. The third-order valence-corrected chi connectivity index (χ3v) is 3.48. The number of hydrogen-bond donors (Lipinski definition) is 2. The largest absolute Gasteiger partial charge is 0.393 e. The van der Waals surface area contributed by atoms with Crippen molar-refractivity contribution < 1.29 is 5.11 Å². The summed E-state index contributed by atoms with van der Waals surface area (Å²) in [6.07, 6.45) is 8.29. The lowest BCUT2D eigenvalue weighted by atomic mass is 10.1. The molecule has 1 aliphatic carbocycles. The van der Waals surface area contributed by atoms with Gasteiger partial charge < -0.3 is 10.4 Å². The molecule has 0 amide bonds. The van der Waals surface area contributed by atoms with Crippen molar-refractivity contribution in [2.75, 3.05) is 11.9 Å². The zero-order chi connectivity index (χ0) is 11.7. The van der Waals surface area contributed by atoms with E-state index >= 15 is 0 Å². The van der Waals surface area contributed by atoms with Gasteiger partial charge in [0.1, 0.15) is 5.52 Å². The van der Waals surface area contributed by atoms with Crippen molar-refractivity contribution in [1.29, 1.82) is 0 Å². The first kappa shape index (κ1) is 10.5. The average Bonchev–Trinajstić information content (AvgIpc) is 2.95. The molecule has 2 aromatic rings. The second-order valence-electron chi connectivity index (χ2n) is 4.58.